The highest BCUT2D eigenvalue weighted by Crippen LogP contribution is 2.37. The fourth-order valence-corrected chi connectivity index (χ4v) is 13.9. The Labute approximate surface area is 643 Å². The van der Waals surface area contributed by atoms with Crippen molar-refractivity contribution in [3.63, 3.8) is 0 Å². The fourth-order valence-electron chi connectivity index (χ4n) is 13.9. The van der Waals surface area contributed by atoms with Crippen LogP contribution in [0, 0.1) is 20.8 Å². The molecule has 0 amide bonds. The van der Waals surface area contributed by atoms with E-state index in [0.717, 1.165) is 127 Å². The molecule has 0 aliphatic carbocycles. The minimum absolute atomic E-state index is 0.654. The maximum atomic E-state index is 4.96. The summed E-state index contributed by atoms with van der Waals surface area (Å²) in [6, 6.07) is 121. The molecule has 13 aromatic carbocycles. The second-order valence-electron chi connectivity index (χ2n) is 26.9. The minimum Gasteiger partial charge on any atom is -0.256 e. The average molecular weight is 1430 g/mol. The molecule has 19 rings (SSSR count). The van der Waals surface area contributed by atoms with Crippen molar-refractivity contribution in [1.82, 2.24) is 59.8 Å². The van der Waals surface area contributed by atoms with E-state index in [9.17, 15) is 0 Å². The number of pyridine rings is 3. The van der Waals surface area contributed by atoms with Gasteiger partial charge in [0.1, 0.15) is 17.5 Å². The Morgan fingerprint density at radius 1 is 0.153 bits per heavy atom. The van der Waals surface area contributed by atoms with Gasteiger partial charge in [0, 0.05) is 84.8 Å². The zero-order chi connectivity index (χ0) is 74.8. The fraction of sp³-hybridized carbons (Fsp3) is 0.0303. The van der Waals surface area contributed by atoms with Crippen molar-refractivity contribution in [3.05, 3.63) is 388 Å². The number of fused-ring (bicyclic) bond motifs is 3. The molecule has 0 fully saturated rings. The molecule has 0 unspecified atom stereocenters. The molecule has 0 spiro atoms. The van der Waals surface area contributed by atoms with Crippen LogP contribution in [0.5, 0.6) is 0 Å². The van der Waals surface area contributed by atoms with Gasteiger partial charge in [0.05, 0.1) is 16.6 Å². The van der Waals surface area contributed by atoms with Crippen LogP contribution in [0.3, 0.4) is 0 Å². The standard InChI is InChI=1S/C37H26N4.2C31H22N4/c1-25-39-36(30-19-17-28(18-20-30)34-16-8-14-29-15-9-21-38-35(29)34)41-37(40-25)33-23-31(26-10-4-2-5-11-26)22-32(24-33)27-12-6-3-7-13-27;1-21-33-30(35-31(34-21)27-12-5-11-26(20-27)22-8-3-2-4-9-22)25-17-15-23(16-18-25)28-14-6-10-24-13-7-19-32-29(24)28;1-21-33-30(26-16-12-23(13-17-26)22-7-3-2-4-8-22)35-31(34-21)27-18-14-24(15-19-27)28-11-5-9-25-10-6-20-32-29(25)28/h2-24H,1H3;2*2-20H,1H3. The van der Waals surface area contributed by atoms with E-state index in [0.29, 0.717) is 52.4 Å². The molecular formula is C99H70N12. The predicted molar refractivity (Wildman–Crippen MR) is 450 cm³/mol. The van der Waals surface area contributed by atoms with Crippen LogP contribution < -0.4 is 0 Å². The number of aryl methyl sites for hydroxylation is 3. The third kappa shape index (κ3) is 15.6. The molecule has 12 nitrogen and oxygen atoms in total. The van der Waals surface area contributed by atoms with Gasteiger partial charge in [0.25, 0.3) is 0 Å². The molecule has 19 aromatic rings. The molecule has 0 saturated heterocycles. The number of nitrogens with zero attached hydrogens (tertiary/aromatic N) is 12. The quantitative estimate of drug-likeness (QED) is 0.108. The molecule has 0 aliphatic rings. The van der Waals surface area contributed by atoms with Crippen molar-refractivity contribution in [2.45, 2.75) is 20.8 Å². The summed E-state index contributed by atoms with van der Waals surface area (Å²) in [4.78, 5) is 56.3. The van der Waals surface area contributed by atoms with Gasteiger partial charge in [-0.05, 0) is 124 Å². The molecule has 526 valence electrons. The van der Waals surface area contributed by atoms with Gasteiger partial charge >= 0.3 is 0 Å². The monoisotopic (exact) mass is 1430 g/mol. The Balaban J connectivity index is 0.000000122. The summed E-state index contributed by atoms with van der Waals surface area (Å²) < 4.78 is 0. The van der Waals surface area contributed by atoms with Gasteiger partial charge in [-0.25, -0.2) is 44.9 Å². The van der Waals surface area contributed by atoms with Gasteiger partial charge in [-0.15, -0.1) is 0 Å². The van der Waals surface area contributed by atoms with Crippen LogP contribution in [0.25, 0.3) is 179 Å². The first kappa shape index (κ1) is 69.2. The summed E-state index contributed by atoms with van der Waals surface area (Å²) in [7, 11) is 0. The Hall–Kier alpha value is -14.9. The van der Waals surface area contributed by atoms with Crippen LogP contribution in [0.1, 0.15) is 17.5 Å². The van der Waals surface area contributed by atoms with Crippen molar-refractivity contribution >= 4 is 32.7 Å². The maximum Gasteiger partial charge on any atom is 0.163 e. The van der Waals surface area contributed by atoms with E-state index in [1.165, 1.54) is 16.7 Å². The van der Waals surface area contributed by atoms with Crippen molar-refractivity contribution in [3.8, 4) is 146 Å². The highest BCUT2D eigenvalue weighted by Gasteiger charge is 2.17. The van der Waals surface area contributed by atoms with Crippen molar-refractivity contribution in [2.24, 2.45) is 0 Å². The summed E-state index contributed by atoms with van der Waals surface area (Å²) in [6.45, 7) is 5.74. The smallest absolute Gasteiger partial charge is 0.163 e. The number of hydrogen-bond donors (Lipinski definition) is 0. The van der Waals surface area contributed by atoms with Crippen LogP contribution in [-0.2, 0) is 0 Å². The number of para-hydroxylation sites is 3. The van der Waals surface area contributed by atoms with Crippen molar-refractivity contribution in [1.29, 1.82) is 0 Å². The zero-order valence-electron chi connectivity index (χ0n) is 61.1. The van der Waals surface area contributed by atoms with Gasteiger partial charge in [0.15, 0.2) is 34.9 Å². The van der Waals surface area contributed by atoms with Gasteiger partial charge in [-0.2, -0.15) is 0 Å². The molecule has 6 heterocycles. The van der Waals surface area contributed by atoms with E-state index in [1.807, 2.05) is 118 Å². The second-order valence-corrected chi connectivity index (χ2v) is 26.9. The van der Waals surface area contributed by atoms with Crippen LogP contribution in [-0.4, -0.2) is 59.8 Å². The predicted octanol–water partition coefficient (Wildman–Crippen LogP) is 23.9. The maximum absolute atomic E-state index is 4.96. The van der Waals surface area contributed by atoms with Gasteiger partial charge in [-0.1, -0.05) is 309 Å². The number of aromatic nitrogens is 12. The lowest BCUT2D eigenvalue weighted by molar-refractivity contribution is 0.991. The molecule has 12 heteroatoms. The van der Waals surface area contributed by atoms with Gasteiger partial charge in [-0.3, -0.25) is 15.0 Å². The van der Waals surface area contributed by atoms with E-state index in [-0.39, 0.29) is 0 Å². The van der Waals surface area contributed by atoms with Crippen molar-refractivity contribution in [2.75, 3.05) is 0 Å². The molecular weight excluding hydrogens is 1360 g/mol. The topological polar surface area (TPSA) is 155 Å². The van der Waals surface area contributed by atoms with E-state index >= 15 is 0 Å². The molecule has 111 heavy (non-hydrogen) atoms. The lowest BCUT2D eigenvalue weighted by atomic mass is 9.96. The van der Waals surface area contributed by atoms with Crippen LogP contribution in [0.4, 0.5) is 0 Å². The molecule has 0 aliphatic heterocycles. The molecule has 0 saturated carbocycles. The van der Waals surface area contributed by atoms with Crippen LogP contribution in [0.2, 0.25) is 0 Å². The lowest BCUT2D eigenvalue weighted by Gasteiger charge is -2.12. The van der Waals surface area contributed by atoms with Gasteiger partial charge < -0.3 is 0 Å². The largest absolute Gasteiger partial charge is 0.256 e. The number of benzene rings is 13. The molecule has 0 N–H and O–H groups in total. The van der Waals surface area contributed by atoms with Gasteiger partial charge in [0.2, 0.25) is 0 Å². The summed E-state index contributed by atoms with van der Waals surface area (Å²) in [6.07, 6.45) is 5.51. The van der Waals surface area contributed by atoms with E-state index in [1.54, 1.807) is 0 Å². The average Bonchev–Trinajstić information content (AvgIpc) is 0.806. The second kappa shape index (κ2) is 31.7. The molecule has 0 atom stereocenters. The third-order valence-corrected chi connectivity index (χ3v) is 19.4. The Bertz CT molecular complexity index is 6430. The molecule has 6 aromatic heterocycles. The SMILES string of the molecule is Cc1nc(-c2ccc(-c3cccc4cccnc34)cc2)nc(-c2cc(-c3ccccc3)cc(-c3ccccc3)c2)n1.Cc1nc(-c2ccc(-c3cccc4cccnc34)cc2)nc(-c2cccc(-c3ccccc3)c2)n1.Cc1nc(-c2ccc(-c3ccccc3)cc2)nc(-c2ccc(-c3cccc4cccnc34)cc2)n1. The summed E-state index contributed by atoms with van der Waals surface area (Å²) in [5.74, 6) is 6.06. The first-order valence-electron chi connectivity index (χ1n) is 36.8. The number of hydrogen-bond acceptors (Lipinski definition) is 12. The third-order valence-electron chi connectivity index (χ3n) is 19.4. The first-order valence-corrected chi connectivity index (χ1v) is 36.8. The number of rotatable bonds is 13. The van der Waals surface area contributed by atoms with E-state index < -0.39 is 0 Å². The van der Waals surface area contributed by atoms with E-state index in [2.05, 4.69) is 308 Å². The zero-order valence-corrected chi connectivity index (χ0v) is 61.1. The Morgan fingerprint density at radius 3 is 0.721 bits per heavy atom. The summed E-state index contributed by atoms with van der Waals surface area (Å²) >= 11 is 0. The Kier molecular flexibility index (Phi) is 19.7. The first-order chi connectivity index (χ1) is 54.7. The normalized spacial score (nSPS) is 11.0. The van der Waals surface area contributed by atoms with Crippen LogP contribution >= 0.6 is 0 Å². The van der Waals surface area contributed by atoms with Crippen LogP contribution in [0.15, 0.2) is 370 Å². The highest BCUT2D eigenvalue weighted by atomic mass is 15.0. The van der Waals surface area contributed by atoms with E-state index in [4.69, 9.17) is 24.9 Å². The molecule has 0 radical (unpaired) electrons. The summed E-state index contributed by atoms with van der Waals surface area (Å²) in [5.41, 5.74) is 24.6. The van der Waals surface area contributed by atoms with Crippen molar-refractivity contribution < 1.29 is 0 Å². The summed E-state index contributed by atoms with van der Waals surface area (Å²) in [5, 5.41) is 3.38. The molecule has 0 bridgehead atoms. The minimum atomic E-state index is 0.654. The Morgan fingerprint density at radius 2 is 0.378 bits per heavy atom. The lowest BCUT2D eigenvalue weighted by Crippen LogP contribution is -2.00. The highest BCUT2D eigenvalue weighted by molar-refractivity contribution is 5.96.